The third-order valence-electron chi connectivity index (χ3n) is 3.00. The molecule has 0 spiro atoms. The number of methoxy groups -OCH3 is 1. The van der Waals surface area contributed by atoms with Crippen molar-refractivity contribution in [2.45, 2.75) is 37.8 Å². The Bertz CT molecular complexity index is 358. The molecule has 0 radical (unpaired) electrons. The molecule has 1 aromatic rings. The first-order valence-electron chi connectivity index (χ1n) is 5.36. The Labute approximate surface area is 93.4 Å². The number of carbonyl (C=O) groups is 1. The highest BCUT2D eigenvalue weighted by molar-refractivity contribution is 5.45. The molecule has 1 heterocycles. The van der Waals surface area contributed by atoms with Crippen molar-refractivity contribution in [3.8, 4) is 0 Å². The fourth-order valence-corrected chi connectivity index (χ4v) is 2.10. The average Bonchev–Trinajstić information content (AvgIpc) is 2.95. The second kappa shape index (κ2) is 4.61. The molecule has 0 unspecified atom stereocenters. The van der Waals surface area contributed by atoms with Crippen LogP contribution in [0.25, 0.3) is 0 Å². The van der Waals surface area contributed by atoms with Crippen molar-refractivity contribution in [1.29, 1.82) is 0 Å². The van der Waals surface area contributed by atoms with Crippen LogP contribution >= 0.6 is 0 Å². The van der Waals surface area contributed by atoms with Gasteiger partial charge in [-0.3, -0.25) is 4.79 Å². The van der Waals surface area contributed by atoms with Crippen LogP contribution in [-0.4, -0.2) is 23.7 Å². The van der Waals surface area contributed by atoms with E-state index in [9.17, 15) is 4.79 Å². The molecule has 1 aliphatic carbocycles. The maximum absolute atomic E-state index is 10.1. The van der Waals surface area contributed by atoms with E-state index in [1.165, 1.54) is 0 Å². The Balaban J connectivity index is 2.13. The van der Waals surface area contributed by atoms with E-state index in [2.05, 4.69) is 15.5 Å². The summed E-state index contributed by atoms with van der Waals surface area (Å²) in [6.07, 6.45) is 4.65. The van der Waals surface area contributed by atoms with Crippen molar-refractivity contribution in [2.75, 3.05) is 7.11 Å². The number of rotatable bonds is 5. The number of carbonyl (C=O) groups excluding carboxylic acids is 1. The van der Waals surface area contributed by atoms with E-state index in [4.69, 9.17) is 9.26 Å². The van der Waals surface area contributed by atoms with E-state index >= 15 is 0 Å². The highest BCUT2D eigenvalue weighted by Gasteiger charge is 2.41. The second-order valence-corrected chi connectivity index (χ2v) is 3.92. The molecular formula is C10H15N3O3. The zero-order valence-corrected chi connectivity index (χ0v) is 9.23. The van der Waals surface area contributed by atoms with Crippen LogP contribution in [0.1, 0.15) is 37.4 Å². The van der Waals surface area contributed by atoms with Gasteiger partial charge in [-0.15, -0.1) is 0 Å². The van der Waals surface area contributed by atoms with Gasteiger partial charge in [0.15, 0.2) is 5.82 Å². The van der Waals surface area contributed by atoms with Crippen molar-refractivity contribution in [1.82, 2.24) is 15.5 Å². The van der Waals surface area contributed by atoms with Crippen LogP contribution in [-0.2, 0) is 21.7 Å². The number of hydrogen-bond acceptors (Lipinski definition) is 5. The second-order valence-electron chi connectivity index (χ2n) is 3.92. The SMILES string of the molecule is COC1(c2nc(CNC=O)no2)CCCC1. The van der Waals surface area contributed by atoms with Crippen molar-refractivity contribution in [2.24, 2.45) is 0 Å². The zero-order valence-electron chi connectivity index (χ0n) is 9.23. The van der Waals surface area contributed by atoms with Gasteiger partial charge in [0.05, 0.1) is 6.54 Å². The van der Waals surface area contributed by atoms with Crippen LogP contribution in [0.2, 0.25) is 0 Å². The first kappa shape index (κ1) is 11.1. The summed E-state index contributed by atoms with van der Waals surface area (Å²) < 4.78 is 10.7. The van der Waals surface area contributed by atoms with Gasteiger partial charge in [-0.2, -0.15) is 4.98 Å². The molecule has 88 valence electrons. The molecule has 0 atom stereocenters. The number of nitrogens with one attached hydrogen (secondary N) is 1. The van der Waals surface area contributed by atoms with Gasteiger partial charge in [-0.25, -0.2) is 0 Å². The van der Waals surface area contributed by atoms with Gasteiger partial charge < -0.3 is 14.6 Å². The molecule has 1 aromatic heterocycles. The molecule has 16 heavy (non-hydrogen) atoms. The Morgan fingerprint density at radius 2 is 2.31 bits per heavy atom. The maximum atomic E-state index is 10.1. The highest BCUT2D eigenvalue weighted by atomic mass is 16.5. The van der Waals surface area contributed by atoms with Crippen molar-refractivity contribution in [3.05, 3.63) is 11.7 Å². The molecule has 1 fully saturated rings. The largest absolute Gasteiger partial charge is 0.368 e. The van der Waals surface area contributed by atoms with Crippen LogP contribution in [0.4, 0.5) is 0 Å². The van der Waals surface area contributed by atoms with Gasteiger partial charge in [0.25, 0.3) is 5.89 Å². The lowest BCUT2D eigenvalue weighted by Gasteiger charge is -2.22. The lowest BCUT2D eigenvalue weighted by Crippen LogP contribution is -2.25. The Morgan fingerprint density at radius 3 is 2.94 bits per heavy atom. The molecule has 0 aromatic carbocycles. The van der Waals surface area contributed by atoms with Gasteiger partial charge >= 0.3 is 0 Å². The molecular weight excluding hydrogens is 210 g/mol. The molecule has 1 aliphatic rings. The molecule has 1 saturated carbocycles. The lowest BCUT2D eigenvalue weighted by molar-refractivity contribution is -0.109. The summed E-state index contributed by atoms with van der Waals surface area (Å²) in [6, 6.07) is 0. The molecule has 0 saturated heterocycles. The van der Waals surface area contributed by atoms with E-state index < -0.39 is 5.60 Å². The third kappa shape index (κ3) is 1.92. The normalized spacial score (nSPS) is 18.6. The molecule has 6 heteroatoms. The van der Waals surface area contributed by atoms with E-state index in [0.717, 1.165) is 25.7 Å². The molecule has 0 bridgehead atoms. The Hall–Kier alpha value is -1.43. The molecule has 1 amide bonds. The molecule has 6 nitrogen and oxygen atoms in total. The van der Waals surface area contributed by atoms with Crippen LogP contribution in [0, 0.1) is 0 Å². The topological polar surface area (TPSA) is 77.2 Å². The van der Waals surface area contributed by atoms with Crippen molar-refractivity contribution < 1.29 is 14.1 Å². The Kier molecular flexibility index (Phi) is 3.19. The third-order valence-corrected chi connectivity index (χ3v) is 3.00. The van der Waals surface area contributed by atoms with Crippen LogP contribution in [0.3, 0.4) is 0 Å². The monoisotopic (exact) mass is 225 g/mol. The minimum atomic E-state index is -0.410. The summed E-state index contributed by atoms with van der Waals surface area (Å²) in [5, 5.41) is 6.30. The van der Waals surface area contributed by atoms with Gasteiger partial charge in [-0.05, 0) is 25.7 Å². The fraction of sp³-hybridized carbons (Fsp3) is 0.700. The number of aromatic nitrogens is 2. The summed E-state index contributed by atoms with van der Waals surface area (Å²) in [5.74, 6) is 1.00. The number of nitrogens with zero attached hydrogens (tertiary/aromatic N) is 2. The highest BCUT2D eigenvalue weighted by Crippen LogP contribution is 2.40. The van der Waals surface area contributed by atoms with Crippen LogP contribution in [0.5, 0.6) is 0 Å². The van der Waals surface area contributed by atoms with Gasteiger partial charge in [0.1, 0.15) is 5.60 Å². The summed E-state index contributed by atoms with van der Waals surface area (Å²) in [5.41, 5.74) is -0.410. The predicted molar refractivity (Wildman–Crippen MR) is 54.4 cm³/mol. The number of hydrogen-bond donors (Lipinski definition) is 1. The van der Waals surface area contributed by atoms with Crippen molar-refractivity contribution >= 4 is 6.41 Å². The minimum absolute atomic E-state index is 0.285. The maximum Gasteiger partial charge on any atom is 0.258 e. The van der Waals surface area contributed by atoms with Crippen LogP contribution < -0.4 is 5.32 Å². The smallest absolute Gasteiger partial charge is 0.258 e. The Morgan fingerprint density at radius 1 is 1.56 bits per heavy atom. The van der Waals surface area contributed by atoms with Gasteiger partial charge in [0, 0.05) is 7.11 Å². The standard InChI is InChI=1S/C10H15N3O3/c1-15-10(4-2-3-5-10)9-12-8(13-16-9)6-11-7-14/h7H,2-6H2,1H3,(H,11,14). The number of amides is 1. The lowest BCUT2D eigenvalue weighted by atomic mass is 10.0. The zero-order chi connectivity index (χ0) is 11.4. The van der Waals surface area contributed by atoms with Gasteiger partial charge in [0.2, 0.25) is 6.41 Å². The van der Waals surface area contributed by atoms with E-state index in [0.29, 0.717) is 18.1 Å². The van der Waals surface area contributed by atoms with Crippen LogP contribution in [0.15, 0.2) is 4.52 Å². The number of ether oxygens (including phenoxy) is 1. The van der Waals surface area contributed by atoms with E-state index in [-0.39, 0.29) is 6.54 Å². The minimum Gasteiger partial charge on any atom is -0.368 e. The first-order valence-corrected chi connectivity index (χ1v) is 5.36. The summed E-state index contributed by atoms with van der Waals surface area (Å²) in [7, 11) is 1.67. The summed E-state index contributed by atoms with van der Waals surface area (Å²) >= 11 is 0. The quantitative estimate of drug-likeness (QED) is 0.747. The van der Waals surface area contributed by atoms with E-state index in [1.54, 1.807) is 7.11 Å². The predicted octanol–water partition coefficient (Wildman–Crippen LogP) is 0.731. The van der Waals surface area contributed by atoms with E-state index in [1.807, 2.05) is 0 Å². The van der Waals surface area contributed by atoms with Crippen molar-refractivity contribution in [3.63, 3.8) is 0 Å². The summed E-state index contributed by atoms with van der Waals surface area (Å²) in [6.45, 7) is 0.285. The molecule has 2 rings (SSSR count). The fourth-order valence-electron chi connectivity index (χ4n) is 2.10. The summed E-state index contributed by atoms with van der Waals surface area (Å²) in [4.78, 5) is 14.4. The van der Waals surface area contributed by atoms with Gasteiger partial charge in [-0.1, -0.05) is 5.16 Å². The first-order chi connectivity index (χ1) is 7.80. The molecule has 0 aliphatic heterocycles. The molecule has 1 N–H and O–H groups in total. The average molecular weight is 225 g/mol.